The lowest BCUT2D eigenvalue weighted by Gasteiger charge is -2.51. The lowest BCUT2D eigenvalue weighted by molar-refractivity contribution is -0.0421. The molecule has 7 nitrogen and oxygen atoms in total. The van der Waals surface area contributed by atoms with Gasteiger partial charge in [-0.1, -0.05) is 20.3 Å². The fourth-order valence-electron chi connectivity index (χ4n) is 6.06. The number of hydrogen-bond donors (Lipinski definition) is 1. The van der Waals surface area contributed by atoms with Gasteiger partial charge in [0.15, 0.2) is 0 Å². The number of rotatable bonds is 5. The van der Waals surface area contributed by atoms with E-state index in [1.807, 2.05) is 0 Å². The molecule has 0 radical (unpaired) electrons. The van der Waals surface area contributed by atoms with E-state index in [9.17, 15) is 5.11 Å². The number of aromatic hydroxyl groups is 1. The third-order valence-corrected chi connectivity index (χ3v) is 7.28. The molecule has 2 fully saturated rings. The van der Waals surface area contributed by atoms with Gasteiger partial charge in [0.2, 0.25) is 11.8 Å². The summed E-state index contributed by atoms with van der Waals surface area (Å²) < 4.78 is 26.3. The Morgan fingerprint density at radius 1 is 0.971 bits per heavy atom. The molecular weight excluding hydrogens is 435 g/mol. The molecule has 2 bridgehead atoms. The number of hydrogen-bond acceptors (Lipinski definition) is 7. The van der Waals surface area contributed by atoms with Gasteiger partial charge in [-0.25, -0.2) is 4.39 Å². The van der Waals surface area contributed by atoms with E-state index in [0.29, 0.717) is 33.7 Å². The molecule has 0 saturated heterocycles. The monoisotopic (exact) mass is 464 g/mol. The molecular formula is C26H29FN4O3. The van der Waals surface area contributed by atoms with E-state index in [0.717, 1.165) is 12.8 Å². The Morgan fingerprint density at radius 3 is 2.38 bits per heavy atom. The summed E-state index contributed by atoms with van der Waals surface area (Å²) in [6, 6.07) is 7.72. The maximum atomic E-state index is 15.0. The van der Waals surface area contributed by atoms with Crippen LogP contribution in [0.2, 0.25) is 0 Å². The third-order valence-electron chi connectivity index (χ3n) is 7.28. The fraction of sp³-hybridized carbons (Fsp3) is 0.462. The van der Waals surface area contributed by atoms with Crippen molar-refractivity contribution in [3.8, 4) is 39.9 Å². The Morgan fingerprint density at radius 2 is 1.74 bits per heavy atom. The zero-order chi connectivity index (χ0) is 23.9. The van der Waals surface area contributed by atoms with Gasteiger partial charge >= 0.3 is 0 Å². The second kappa shape index (κ2) is 8.49. The first-order chi connectivity index (χ1) is 16.3. The Balaban J connectivity index is 1.35. The van der Waals surface area contributed by atoms with E-state index in [4.69, 9.17) is 9.47 Å². The molecule has 34 heavy (non-hydrogen) atoms. The second-order valence-corrected chi connectivity index (χ2v) is 10.4. The van der Waals surface area contributed by atoms with Gasteiger partial charge in [0, 0.05) is 17.7 Å². The van der Waals surface area contributed by atoms with Crippen molar-refractivity contribution in [1.82, 2.24) is 20.4 Å². The van der Waals surface area contributed by atoms with Crippen LogP contribution in [0.25, 0.3) is 22.4 Å². The van der Waals surface area contributed by atoms with Crippen LogP contribution in [-0.4, -0.2) is 38.7 Å². The van der Waals surface area contributed by atoms with E-state index in [-0.39, 0.29) is 23.1 Å². The highest BCUT2D eigenvalue weighted by atomic mass is 19.1. The smallest absolute Gasteiger partial charge is 0.233 e. The van der Waals surface area contributed by atoms with Crippen LogP contribution < -0.4 is 9.47 Å². The van der Waals surface area contributed by atoms with Gasteiger partial charge < -0.3 is 14.6 Å². The minimum atomic E-state index is -0.616. The van der Waals surface area contributed by atoms with E-state index < -0.39 is 5.82 Å². The van der Waals surface area contributed by atoms with Gasteiger partial charge in [-0.2, -0.15) is 5.10 Å². The normalized spacial score (nSPS) is 26.2. The van der Waals surface area contributed by atoms with Gasteiger partial charge in [-0.3, -0.25) is 0 Å². The molecule has 2 aliphatic carbocycles. The molecule has 3 atom stereocenters. The zero-order valence-electron chi connectivity index (χ0n) is 19.7. The Bertz CT molecular complexity index is 1160. The Hall–Kier alpha value is -3.29. The van der Waals surface area contributed by atoms with E-state index in [2.05, 4.69) is 34.2 Å². The second-order valence-electron chi connectivity index (χ2n) is 10.4. The first kappa shape index (κ1) is 22.5. The van der Waals surface area contributed by atoms with E-state index >= 15 is 4.39 Å². The molecule has 0 amide bonds. The summed E-state index contributed by atoms with van der Waals surface area (Å²) in [5.74, 6) is -0.135. The number of halogens is 1. The summed E-state index contributed by atoms with van der Waals surface area (Å²) in [5.41, 5.74) is 1.87. The molecule has 3 aromatic rings. The van der Waals surface area contributed by atoms with Crippen LogP contribution >= 0.6 is 0 Å². The zero-order valence-corrected chi connectivity index (χ0v) is 19.7. The minimum absolute atomic E-state index is 0.0102. The molecule has 1 aromatic carbocycles. The van der Waals surface area contributed by atoms with E-state index in [1.165, 1.54) is 51.1 Å². The number of nitrogens with zero attached hydrogens (tertiary/aromatic N) is 4. The molecule has 8 heteroatoms. The summed E-state index contributed by atoms with van der Waals surface area (Å²) in [5, 5.41) is 26.6. The van der Waals surface area contributed by atoms with Gasteiger partial charge in [-0.15, -0.1) is 15.3 Å². The molecule has 2 aliphatic rings. The van der Waals surface area contributed by atoms with Crippen molar-refractivity contribution in [2.75, 3.05) is 7.11 Å². The van der Waals surface area contributed by atoms with Crippen LogP contribution in [-0.2, 0) is 0 Å². The highest BCUT2D eigenvalue weighted by molar-refractivity contribution is 5.74. The number of phenolic OH excluding ortho intramolecular Hbond substituents is 1. The van der Waals surface area contributed by atoms with Crippen LogP contribution in [0.4, 0.5) is 4.39 Å². The van der Waals surface area contributed by atoms with E-state index in [1.54, 1.807) is 18.2 Å². The molecule has 5 rings (SSSR count). The lowest BCUT2D eigenvalue weighted by Crippen LogP contribution is -2.45. The largest absolute Gasteiger partial charge is 0.507 e. The molecule has 1 N–H and O–H groups in total. The topological polar surface area (TPSA) is 90.2 Å². The van der Waals surface area contributed by atoms with Crippen LogP contribution in [0, 0.1) is 16.6 Å². The number of fused-ring (bicyclic) bond motifs is 2. The van der Waals surface area contributed by atoms with Crippen molar-refractivity contribution in [2.45, 2.75) is 58.5 Å². The van der Waals surface area contributed by atoms with Crippen molar-refractivity contribution < 1.29 is 19.0 Å². The molecule has 2 aromatic heterocycles. The van der Waals surface area contributed by atoms with Crippen molar-refractivity contribution >= 4 is 0 Å². The van der Waals surface area contributed by atoms with Gasteiger partial charge in [0.25, 0.3) is 0 Å². The van der Waals surface area contributed by atoms with Crippen molar-refractivity contribution in [3.63, 3.8) is 0 Å². The van der Waals surface area contributed by atoms with Crippen molar-refractivity contribution in [2.24, 2.45) is 10.8 Å². The first-order valence-electron chi connectivity index (χ1n) is 11.7. The number of benzene rings is 1. The van der Waals surface area contributed by atoms with Crippen LogP contribution in [0.3, 0.4) is 0 Å². The van der Waals surface area contributed by atoms with Crippen LogP contribution in [0.5, 0.6) is 17.5 Å². The molecule has 2 saturated carbocycles. The summed E-state index contributed by atoms with van der Waals surface area (Å²) >= 11 is 0. The average Bonchev–Trinajstić information content (AvgIpc) is 2.78. The average molecular weight is 465 g/mol. The quantitative estimate of drug-likeness (QED) is 0.527. The highest BCUT2D eigenvalue weighted by Crippen LogP contribution is 2.55. The maximum absolute atomic E-state index is 15.0. The summed E-state index contributed by atoms with van der Waals surface area (Å²) in [7, 11) is 1.47. The van der Waals surface area contributed by atoms with Crippen LogP contribution in [0.1, 0.15) is 52.4 Å². The molecule has 2 heterocycles. The number of ether oxygens (including phenoxy) is 2. The number of methoxy groups -OCH3 is 1. The highest BCUT2D eigenvalue weighted by Gasteiger charge is 2.47. The third kappa shape index (κ3) is 4.41. The van der Waals surface area contributed by atoms with Gasteiger partial charge in [0.05, 0.1) is 24.6 Å². The standard InChI is InChI=1S/C26H29FN4O3/c1-25-7-4-8-26(2,15-25)13-18(12-25)34-22-6-5-20(29-31-22)24-19(27)9-16(10-21(24)32)17-11-23(33-3)30-28-14-17/h5-6,9-11,14,18,32H,4,7-8,12-13,15H2,1-3H3/t18-,25-,26+. The van der Waals surface area contributed by atoms with Crippen molar-refractivity contribution in [1.29, 1.82) is 0 Å². The first-order valence-corrected chi connectivity index (χ1v) is 11.7. The SMILES string of the molecule is COc1cc(-c2cc(O)c(-c3ccc(O[C@H]4C[C@]5(C)CCC[C@](C)(C4)C5)nn3)c(F)c2)cnn1. The minimum Gasteiger partial charge on any atom is -0.507 e. The number of aromatic nitrogens is 4. The predicted octanol–water partition coefficient (Wildman–Crippen LogP) is 5.58. The molecule has 0 unspecified atom stereocenters. The lowest BCUT2D eigenvalue weighted by atomic mass is 9.55. The van der Waals surface area contributed by atoms with Crippen molar-refractivity contribution in [3.05, 3.63) is 42.3 Å². The fourth-order valence-corrected chi connectivity index (χ4v) is 6.06. The Labute approximate surface area is 198 Å². The summed E-state index contributed by atoms with van der Waals surface area (Å²) in [6.45, 7) is 4.73. The summed E-state index contributed by atoms with van der Waals surface area (Å²) in [4.78, 5) is 0. The molecule has 178 valence electrons. The maximum Gasteiger partial charge on any atom is 0.233 e. The van der Waals surface area contributed by atoms with Crippen LogP contribution in [0.15, 0.2) is 36.5 Å². The summed E-state index contributed by atoms with van der Waals surface area (Å²) in [6.07, 6.45) is 8.61. The predicted molar refractivity (Wildman–Crippen MR) is 125 cm³/mol. The van der Waals surface area contributed by atoms with Gasteiger partial charge in [0.1, 0.15) is 17.7 Å². The molecule has 0 spiro atoms. The molecule has 0 aliphatic heterocycles. The van der Waals surface area contributed by atoms with Gasteiger partial charge in [-0.05, 0) is 66.7 Å². The number of phenols is 1. The Kier molecular flexibility index (Phi) is 5.62.